The van der Waals surface area contributed by atoms with Crippen LogP contribution in [0.15, 0.2) is 76.3 Å². The first-order valence-corrected chi connectivity index (χ1v) is 13.4. The standard InChI is InChI=1S/C27H24N4O5S/c1-16-7-6-8-18(13-16)15-30-22-12-11-17(2)14-20(22)23(24(30)25(32)29-37(3,35)36)31-26(33)19-9-4-5-10-21(19)28-27(31)34/h4-14H,15H2,1-3H3,(H,28,34)(H,29,32). The zero-order valence-electron chi connectivity index (χ0n) is 20.4. The van der Waals surface area contributed by atoms with Crippen molar-refractivity contribution in [3.63, 3.8) is 0 Å². The lowest BCUT2D eigenvalue weighted by molar-refractivity contribution is 0.0973. The summed E-state index contributed by atoms with van der Waals surface area (Å²) in [4.78, 5) is 43.2. The highest BCUT2D eigenvalue weighted by molar-refractivity contribution is 7.89. The van der Waals surface area contributed by atoms with Gasteiger partial charge in [0, 0.05) is 11.9 Å². The number of nitrogens with zero attached hydrogens (tertiary/aromatic N) is 2. The number of H-pyrrole nitrogens is 1. The van der Waals surface area contributed by atoms with Crippen LogP contribution in [0.4, 0.5) is 0 Å². The Labute approximate surface area is 212 Å². The lowest BCUT2D eigenvalue weighted by Crippen LogP contribution is -2.37. The highest BCUT2D eigenvalue weighted by atomic mass is 32.2. The Morgan fingerprint density at radius 1 is 0.919 bits per heavy atom. The number of fused-ring (bicyclic) bond motifs is 2. The van der Waals surface area contributed by atoms with Crippen molar-refractivity contribution in [1.82, 2.24) is 18.8 Å². The molecule has 0 aliphatic rings. The van der Waals surface area contributed by atoms with E-state index in [1.165, 1.54) is 0 Å². The minimum Gasteiger partial charge on any atom is -0.330 e. The lowest BCUT2D eigenvalue weighted by Gasteiger charge is -2.13. The Morgan fingerprint density at radius 2 is 1.65 bits per heavy atom. The Bertz CT molecular complexity index is 1950. The number of nitrogens with one attached hydrogen (secondary N) is 2. The Morgan fingerprint density at radius 3 is 2.38 bits per heavy atom. The summed E-state index contributed by atoms with van der Waals surface area (Å²) in [7, 11) is -3.95. The van der Waals surface area contributed by atoms with Crippen molar-refractivity contribution in [3.8, 4) is 5.69 Å². The number of rotatable bonds is 5. The summed E-state index contributed by atoms with van der Waals surface area (Å²) >= 11 is 0. The zero-order chi connectivity index (χ0) is 26.5. The third-order valence-electron chi connectivity index (χ3n) is 6.14. The summed E-state index contributed by atoms with van der Waals surface area (Å²) in [6, 6.07) is 19.7. The van der Waals surface area contributed by atoms with Crippen molar-refractivity contribution in [2.75, 3.05) is 6.26 Å². The van der Waals surface area contributed by atoms with Crippen molar-refractivity contribution in [2.24, 2.45) is 0 Å². The Kier molecular flexibility index (Phi) is 5.83. The van der Waals surface area contributed by atoms with Crippen LogP contribution in [0.1, 0.15) is 27.2 Å². The minimum atomic E-state index is -3.95. The number of aromatic nitrogens is 3. The van der Waals surface area contributed by atoms with Gasteiger partial charge in [0.05, 0.1) is 28.4 Å². The Hall–Kier alpha value is -4.44. The zero-order valence-corrected chi connectivity index (χ0v) is 21.2. The molecule has 2 heterocycles. The molecule has 1 amide bonds. The number of carbonyl (C=O) groups excluding carboxylic acids is 1. The Balaban J connectivity index is 1.93. The number of amides is 1. The normalized spacial score (nSPS) is 11.8. The van der Waals surface area contributed by atoms with Crippen molar-refractivity contribution in [1.29, 1.82) is 0 Å². The summed E-state index contributed by atoms with van der Waals surface area (Å²) in [6.07, 6.45) is 0.872. The van der Waals surface area contributed by atoms with Gasteiger partial charge in [0.25, 0.3) is 11.5 Å². The number of aryl methyl sites for hydroxylation is 2. The average molecular weight is 517 g/mol. The maximum absolute atomic E-state index is 13.6. The van der Waals surface area contributed by atoms with Crippen LogP contribution in [-0.2, 0) is 16.6 Å². The van der Waals surface area contributed by atoms with Crippen LogP contribution in [0, 0.1) is 13.8 Å². The molecule has 0 atom stereocenters. The van der Waals surface area contributed by atoms with Crippen LogP contribution >= 0.6 is 0 Å². The van der Waals surface area contributed by atoms with Crippen molar-refractivity contribution in [2.45, 2.75) is 20.4 Å². The number of hydrogen-bond acceptors (Lipinski definition) is 5. The van der Waals surface area contributed by atoms with Crippen LogP contribution in [0.25, 0.3) is 27.5 Å². The van der Waals surface area contributed by atoms with Gasteiger partial charge in [-0.05, 0) is 43.7 Å². The van der Waals surface area contributed by atoms with Crippen molar-refractivity contribution >= 4 is 37.7 Å². The van der Waals surface area contributed by atoms with Crippen LogP contribution < -0.4 is 16.0 Å². The van der Waals surface area contributed by atoms with E-state index in [1.807, 2.05) is 48.9 Å². The third kappa shape index (κ3) is 4.47. The van der Waals surface area contributed by atoms with Crippen molar-refractivity contribution in [3.05, 3.63) is 110 Å². The van der Waals surface area contributed by atoms with E-state index in [2.05, 4.69) is 4.98 Å². The predicted octanol–water partition coefficient (Wildman–Crippen LogP) is 2.99. The summed E-state index contributed by atoms with van der Waals surface area (Å²) in [5, 5.41) is 0.720. The molecule has 0 bridgehead atoms. The fourth-order valence-corrected chi connectivity index (χ4v) is 5.08. The number of para-hydroxylation sites is 1. The highest BCUT2D eigenvalue weighted by Gasteiger charge is 2.28. The van der Waals surface area contributed by atoms with Gasteiger partial charge in [0.1, 0.15) is 5.69 Å². The van der Waals surface area contributed by atoms with Crippen LogP contribution in [-0.4, -0.2) is 34.7 Å². The summed E-state index contributed by atoms with van der Waals surface area (Å²) in [5.41, 5.74) is 2.17. The summed E-state index contributed by atoms with van der Waals surface area (Å²) < 4.78 is 28.7. The van der Waals surface area contributed by atoms with Crippen LogP contribution in [0.3, 0.4) is 0 Å². The van der Waals surface area contributed by atoms with E-state index in [0.29, 0.717) is 16.4 Å². The summed E-state index contributed by atoms with van der Waals surface area (Å²) in [6.45, 7) is 4.00. The molecule has 0 spiro atoms. The molecule has 5 aromatic rings. The predicted molar refractivity (Wildman–Crippen MR) is 143 cm³/mol. The topological polar surface area (TPSA) is 123 Å². The van der Waals surface area contributed by atoms with Gasteiger partial charge in [-0.25, -0.2) is 22.5 Å². The summed E-state index contributed by atoms with van der Waals surface area (Å²) in [5.74, 6) is -0.946. The van der Waals surface area contributed by atoms with Gasteiger partial charge in [0.2, 0.25) is 10.0 Å². The minimum absolute atomic E-state index is 0.0181. The van der Waals surface area contributed by atoms with Gasteiger partial charge in [-0.15, -0.1) is 0 Å². The van der Waals surface area contributed by atoms with Gasteiger partial charge in [-0.2, -0.15) is 0 Å². The first-order chi connectivity index (χ1) is 17.5. The quantitative estimate of drug-likeness (QED) is 0.372. The van der Waals surface area contributed by atoms with E-state index in [9.17, 15) is 22.8 Å². The van der Waals surface area contributed by atoms with E-state index in [1.54, 1.807) is 41.0 Å². The number of aromatic amines is 1. The maximum Gasteiger partial charge on any atom is 0.333 e. The smallest absolute Gasteiger partial charge is 0.330 e. The molecule has 5 rings (SSSR count). The molecule has 2 aromatic heterocycles. The molecule has 0 radical (unpaired) electrons. The highest BCUT2D eigenvalue weighted by Crippen LogP contribution is 2.31. The van der Waals surface area contributed by atoms with Crippen LogP contribution in [0.2, 0.25) is 0 Å². The van der Waals surface area contributed by atoms with Gasteiger partial charge in [-0.3, -0.25) is 9.59 Å². The second kappa shape index (κ2) is 8.90. The molecule has 0 aliphatic carbocycles. The van der Waals surface area contributed by atoms with E-state index in [4.69, 9.17) is 0 Å². The van der Waals surface area contributed by atoms with E-state index in [0.717, 1.165) is 27.5 Å². The molecule has 0 aliphatic heterocycles. The van der Waals surface area contributed by atoms with E-state index < -0.39 is 27.2 Å². The second-order valence-electron chi connectivity index (χ2n) is 9.11. The van der Waals surface area contributed by atoms with E-state index in [-0.39, 0.29) is 23.3 Å². The van der Waals surface area contributed by atoms with Gasteiger partial charge < -0.3 is 9.55 Å². The number of carbonyl (C=O) groups is 1. The molecule has 0 saturated heterocycles. The molecular weight excluding hydrogens is 492 g/mol. The van der Waals surface area contributed by atoms with Gasteiger partial charge >= 0.3 is 5.69 Å². The van der Waals surface area contributed by atoms with Gasteiger partial charge in [-0.1, -0.05) is 53.6 Å². The molecule has 3 aromatic carbocycles. The maximum atomic E-state index is 13.6. The molecular formula is C27H24N4O5S. The molecule has 10 heteroatoms. The number of sulfonamides is 1. The third-order valence-corrected chi connectivity index (χ3v) is 6.69. The lowest BCUT2D eigenvalue weighted by atomic mass is 10.1. The van der Waals surface area contributed by atoms with Crippen LogP contribution in [0.5, 0.6) is 0 Å². The fourth-order valence-electron chi connectivity index (χ4n) is 4.65. The molecule has 188 valence electrons. The first kappa shape index (κ1) is 24.3. The average Bonchev–Trinajstić information content (AvgIpc) is 3.11. The first-order valence-electron chi connectivity index (χ1n) is 11.5. The van der Waals surface area contributed by atoms with E-state index >= 15 is 0 Å². The number of benzene rings is 3. The number of hydrogen-bond donors (Lipinski definition) is 2. The van der Waals surface area contributed by atoms with Gasteiger partial charge in [0.15, 0.2) is 0 Å². The fraction of sp³-hybridized carbons (Fsp3) is 0.148. The molecule has 0 fully saturated rings. The molecule has 37 heavy (non-hydrogen) atoms. The van der Waals surface area contributed by atoms with Crippen molar-refractivity contribution < 1.29 is 13.2 Å². The largest absolute Gasteiger partial charge is 0.333 e. The monoisotopic (exact) mass is 516 g/mol. The molecule has 2 N–H and O–H groups in total. The molecule has 0 unspecified atom stereocenters. The molecule has 0 saturated carbocycles. The second-order valence-corrected chi connectivity index (χ2v) is 10.9. The molecule has 9 nitrogen and oxygen atoms in total. The SMILES string of the molecule is Cc1cccc(Cn2c(C(=O)NS(C)(=O)=O)c(-n3c(=O)[nH]c4ccccc4c3=O)c3cc(C)ccc32)c1.